The number of ether oxygens (including phenoxy) is 1. The Morgan fingerprint density at radius 2 is 2.11 bits per heavy atom. The third-order valence-electron chi connectivity index (χ3n) is 2.24. The lowest BCUT2D eigenvalue weighted by Crippen LogP contribution is -2.28. The molecule has 0 atom stereocenters. The first-order valence-electron chi connectivity index (χ1n) is 5.19. The molecule has 19 heavy (non-hydrogen) atoms. The second-order valence-corrected chi connectivity index (χ2v) is 6.23. The third-order valence-corrected chi connectivity index (χ3v) is 4.40. The lowest BCUT2D eigenvalue weighted by atomic mass is 10.3. The lowest BCUT2D eigenvalue weighted by Gasteiger charge is -2.12. The van der Waals surface area contributed by atoms with E-state index in [2.05, 4.69) is 20.7 Å². The fourth-order valence-electron chi connectivity index (χ4n) is 1.31. The molecule has 0 aliphatic rings. The average Bonchev–Trinajstić information content (AvgIpc) is 2.31. The summed E-state index contributed by atoms with van der Waals surface area (Å²) in [6, 6.07) is 2.73. The van der Waals surface area contributed by atoms with Gasteiger partial charge in [-0.05, 0) is 28.1 Å². The van der Waals surface area contributed by atoms with Gasteiger partial charge in [0.2, 0.25) is 15.9 Å². The summed E-state index contributed by atoms with van der Waals surface area (Å²) in [6.07, 6.45) is -0.0897. The Balaban J connectivity index is 3.06. The van der Waals surface area contributed by atoms with Crippen LogP contribution >= 0.6 is 15.9 Å². The number of primary amides is 1. The molecule has 0 saturated carbocycles. The van der Waals surface area contributed by atoms with E-state index in [1.165, 1.54) is 19.2 Å². The highest BCUT2D eigenvalue weighted by molar-refractivity contribution is 9.10. The number of halogens is 1. The van der Waals surface area contributed by atoms with Crippen LogP contribution in [0.15, 0.2) is 21.5 Å². The number of methoxy groups -OCH3 is 1. The van der Waals surface area contributed by atoms with Gasteiger partial charge in [-0.15, -0.1) is 0 Å². The Morgan fingerprint density at radius 3 is 2.63 bits per heavy atom. The fourth-order valence-corrected chi connectivity index (χ4v) is 2.84. The third kappa shape index (κ3) is 4.08. The first-order chi connectivity index (χ1) is 8.77. The normalized spacial score (nSPS) is 11.3. The van der Waals surface area contributed by atoms with Gasteiger partial charge in [0.25, 0.3) is 0 Å². The summed E-state index contributed by atoms with van der Waals surface area (Å²) in [5.74, 6) is -0.447. The van der Waals surface area contributed by atoms with Crippen LogP contribution < -0.4 is 20.9 Å². The Labute approximate surface area is 119 Å². The Morgan fingerprint density at radius 1 is 1.47 bits per heavy atom. The molecular formula is C10H14BrN3O4S. The van der Waals surface area contributed by atoms with Crippen LogP contribution in [0, 0.1) is 0 Å². The largest absolute Gasteiger partial charge is 0.495 e. The van der Waals surface area contributed by atoms with Crippen LogP contribution in [0.3, 0.4) is 0 Å². The van der Waals surface area contributed by atoms with E-state index in [9.17, 15) is 13.2 Å². The van der Waals surface area contributed by atoms with Crippen LogP contribution in [0.5, 0.6) is 5.75 Å². The number of anilines is 1. The van der Waals surface area contributed by atoms with Gasteiger partial charge in [-0.3, -0.25) is 4.79 Å². The lowest BCUT2D eigenvalue weighted by molar-refractivity contribution is -0.117. The summed E-state index contributed by atoms with van der Waals surface area (Å²) in [5.41, 5.74) is 10.8. The average molecular weight is 352 g/mol. The number of benzene rings is 1. The highest BCUT2D eigenvalue weighted by Gasteiger charge is 2.20. The molecule has 106 valence electrons. The van der Waals surface area contributed by atoms with E-state index in [-0.39, 0.29) is 29.3 Å². The summed E-state index contributed by atoms with van der Waals surface area (Å²) in [4.78, 5) is 10.5. The van der Waals surface area contributed by atoms with Crippen molar-refractivity contribution in [1.82, 2.24) is 4.72 Å². The van der Waals surface area contributed by atoms with Crippen molar-refractivity contribution in [2.75, 3.05) is 19.4 Å². The number of rotatable bonds is 6. The first-order valence-corrected chi connectivity index (χ1v) is 7.46. The highest BCUT2D eigenvalue weighted by Crippen LogP contribution is 2.32. The predicted molar refractivity (Wildman–Crippen MR) is 74.1 cm³/mol. The van der Waals surface area contributed by atoms with E-state index in [0.717, 1.165) is 0 Å². The monoisotopic (exact) mass is 351 g/mol. The van der Waals surface area contributed by atoms with E-state index in [1.54, 1.807) is 0 Å². The first kappa shape index (κ1) is 15.7. The van der Waals surface area contributed by atoms with Crippen LogP contribution in [-0.2, 0) is 14.8 Å². The molecule has 0 radical (unpaired) electrons. The Kier molecular flexibility index (Phi) is 5.15. The van der Waals surface area contributed by atoms with E-state index in [1.807, 2.05) is 0 Å². The quantitative estimate of drug-likeness (QED) is 0.631. The van der Waals surface area contributed by atoms with Crippen LogP contribution in [0.25, 0.3) is 0 Å². The summed E-state index contributed by atoms with van der Waals surface area (Å²) >= 11 is 3.18. The maximum Gasteiger partial charge on any atom is 0.244 e. The van der Waals surface area contributed by atoms with Gasteiger partial charge in [-0.25, -0.2) is 13.1 Å². The van der Waals surface area contributed by atoms with Crippen molar-refractivity contribution in [3.8, 4) is 5.75 Å². The predicted octanol–water partition coefficient (Wildman–Crippen LogP) is 0.194. The number of nitrogens with two attached hydrogens (primary N) is 2. The Bertz CT molecular complexity index is 589. The van der Waals surface area contributed by atoms with Gasteiger partial charge < -0.3 is 16.2 Å². The zero-order valence-electron chi connectivity index (χ0n) is 10.1. The zero-order valence-corrected chi connectivity index (χ0v) is 12.5. The molecule has 0 bridgehead atoms. The van der Waals surface area contributed by atoms with Gasteiger partial charge in [0, 0.05) is 23.1 Å². The standard InChI is InChI=1S/C10H14BrN3O4S/c1-18-8-4-6(11)7(12)5-9(8)19(16,17)14-3-2-10(13)15/h4-5,14H,2-3,12H2,1H3,(H2,13,15). The topological polar surface area (TPSA) is 125 Å². The van der Waals surface area contributed by atoms with Gasteiger partial charge >= 0.3 is 0 Å². The zero-order chi connectivity index (χ0) is 14.6. The number of hydrogen-bond donors (Lipinski definition) is 3. The van der Waals surface area contributed by atoms with Crippen molar-refractivity contribution >= 4 is 37.5 Å². The van der Waals surface area contributed by atoms with Crippen molar-refractivity contribution in [3.63, 3.8) is 0 Å². The molecule has 0 aromatic heterocycles. The highest BCUT2D eigenvalue weighted by atomic mass is 79.9. The number of nitrogen functional groups attached to an aromatic ring is 1. The molecule has 9 heteroatoms. The van der Waals surface area contributed by atoms with Crippen molar-refractivity contribution < 1.29 is 17.9 Å². The molecule has 0 unspecified atom stereocenters. The molecule has 0 spiro atoms. The molecule has 1 aromatic rings. The van der Waals surface area contributed by atoms with Crippen molar-refractivity contribution in [2.45, 2.75) is 11.3 Å². The molecule has 0 saturated heterocycles. The molecule has 0 heterocycles. The number of carbonyl (C=O) groups is 1. The van der Waals surface area contributed by atoms with Crippen molar-refractivity contribution in [2.24, 2.45) is 5.73 Å². The molecule has 0 aliphatic heterocycles. The molecule has 0 fully saturated rings. The summed E-state index contributed by atoms with van der Waals surface area (Å²) in [5, 5.41) is 0. The second-order valence-electron chi connectivity index (χ2n) is 3.64. The molecule has 1 rings (SSSR count). The van der Waals surface area contributed by atoms with Crippen LogP contribution in [0.2, 0.25) is 0 Å². The number of amides is 1. The van der Waals surface area contributed by atoms with Gasteiger partial charge in [-0.1, -0.05) is 0 Å². The number of carbonyl (C=O) groups excluding carboxylic acids is 1. The van der Waals surface area contributed by atoms with E-state index in [4.69, 9.17) is 16.2 Å². The van der Waals surface area contributed by atoms with Crippen molar-refractivity contribution in [3.05, 3.63) is 16.6 Å². The van der Waals surface area contributed by atoms with Crippen LogP contribution in [0.4, 0.5) is 5.69 Å². The van der Waals surface area contributed by atoms with Gasteiger partial charge in [0.05, 0.1) is 7.11 Å². The van der Waals surface area contributed by atoms with Crippen molar-refractivity contribution in [1.29, 1.82) is 0 Å². The Hall–Kier alpha value is -1.32. The molecule has 7 nitrogen and oxygen atoms in total. The minimum atomic E-state index is -3.82. The summed E-state index contributed by atoms with van der Waals surface area (Å²) < 4.78 is 31.9. The SMILES string of the molecule is COc1cc(Br)c(N)cc1S(=O)(=O)NCCC(N)=O. The van der Waals surface area contributed by atoms with Crippen LogP contribution in [-0.4, -0.2) is 28.0 Å². The van der Waals surface area contributed by atoms with E-state index < -0.39 is 15.9 Å². The van der Waals surface area contributed by atoms with Gasteiger partial charge in [0.15, 0.2) is 0 Å². The summed E-state index contributed by atoms with van der Waals surface area (Å²) in [7, 11) is -2.47. The smallest absolute Gasteiger partial charge is 0.244 e. The molecular weight excluding hydrogens is 338 g/mol. The van der Waals surface area contributed by atoms with E-state index in [0.29, 0.717) is 4.47 Å². The second kappa shape index (κ2) is 6.22. The summed E-state index contributed by atoms with van der Waals surface area (Å²) in [6.45, 7) is -0.0865. The maximum atomic E-state index is 12.0. The number of sulfonamides is 1. The molecule has 1 aromatic carbocycles. The number of hydrogen-bond acceptors (Lipinski definition) is 5. The minimum Gasteiger partial charge on any atom is -0.495 e. The fraction of sp³-hybridized carbons (Fsp3) is 0.300. The van der Waals surface area contributed by atoms with Gasteiger partial charge in [-0.2, -0.15) is 0 Å². The molecule has 5 N–H and O–H groups in total. The molecule has 0 aliphatic carbocycles. The van der Waals surface area contributed by atoms with Gasteiger partial charge in [0.1, 0.15) is 10.6 Å². The van der Waals surface area contributed by atoms with E-state index >= 15 is 0 Å². The number of nitrogens with one attached hydrogen (secondary N) is 1. The molecule has 1 amide bonds. The minimum absolute atomic E-state index is 0.0865. The van der Waals surface area contributed by atoms with Crippen LogP contribution in [0.1, 0.15) is 6.42 Å². The maximum absolute atomic E-state index is 12.0.